The first kappa shape index (κ1) is 19.5. The molecular formula is C22H24N2O4S. The fourth-order valence-corrected chi connectivity index (χ4v) is 4.52. The summed E-state index contributed by atoms with van der Waals surface area (Å²) in [5.41, 5.74) is 1.24. The maximum Gasteiger partial charge on any atom is 0.261 e. The normalized spacial score (nSPS) is 17.0. The molecule has 1 amide bonds. The average Bonchev–Trinajstić information content (AvgIpc) is 3.40. The van der Waals surface area contributed by atoms with Gasteiger partial charge in [-0.1, -0.05) is 30.1 Å². The van der Waals surface area contributed by atoms with Crippen molar-refractivity contribution in [2.75, 3.05) is 20.8 Å². The third-order valence-electron chi connectivity index (χ3n) is 5.29. The molecule has 152 valence electrons. The molecule has 1 aliphatic rings. The van der Waals surface area contributed by atoms with Gasteiger partial charge in [0.1, 0.15) is 22.8 Å². The second-order valence-corrected chi connectivity index (χ2v) is 7.94. The Morgan fingerprint density at radius 2 is 1.93 bits per heavy atom. The Hall–Kier alpha value is -2.80. The van der Waals surface area contributed by atoms with Gasteiger partial charge in [-0.25, -0.2) is 0 Å². The van der Waals surface area contributed by atoms with Crippen LogP contribution in [-0.4, -0.2) is 36.7 Å². The molecule has 0 bridgehead atoms. The number of carbonyl (C=O) groups excluding carboxylic acids is 1. The summed E-state index contributed by atoms with van der Waals surface area (Å²) in [6, 6.07) is 11.2. The lowest BCUT2D eigenvalue weighted by Gasteiger charge is -2.29. The maximum absolute atomic E-state index is 13.6. The number of rotatable bonds is 5. The highest BCUT2D eigenvalue weighted by molar-refractivity contribution is 7.13. The molecule has 7 heteroatoms. The SMILES string of the molecule is COc1cccc(OC)c1C(=O)N1CCCCCC1c1cc(-c2cccs2)on1. The summed E-state index contributed by atoms with van der Waals surface area (Å²) in [6.45, 7) is 0.659. The molecular weight excluding hydrogens is 388 g/mol. The largest absolute Gasteiger partial charge is 0.496 e. The highest BCUT2D eigenvalue weighted by Gasteiger charge is 2.33. The van der Waals surface area contributed by atoms with Crippen molar-refractivity contribution in [2.24, 2.45) is 0 Å². The van der Waals surface area contributed by atoms with Gasteiger partial charge in [0, 0.05) is 12.6 Å². The number of hydrogen-bond acceptors (Lipinski definition) is 6. The molecule has 6 nitrogen and oxygen atoms in total. The van der Waals surface area contributed by atoms with Crippen molar-refractivity contribution in [2.45, 2.75) is 31.7 Å². The van der Waals surface area contributed by atoms with Crippen LogP contribution in [0.2, 0.25) is 0 Å². The number of likely N-dealkylation sites (tertiary alicyclic amines) is 1. The van der Waals surface area contributed by atoms with E-state index in [1.165, 1.54) is 0 Å². The van der Waals surface area contributed by atoms with Crippen molar-refractivity contribution < 1.29 is 18.8 Å². The molecule has 0 spiro atoms. The number of amides is 1. The van der Waals surface area contributed by atoms with Crippen molar-refractivity contribution in [1.29, 1.82) is 0 Å². The zero-order valence-corrected chi connectivity index (χ0v) is 17.4. The van der Waals surface area contributed by atoms with E-state index in [1.807, 2.05) is 34.5 Å². The number of thiophene rings is 1. The summed E-state index contributed by atoms with van der Waals surface area (Å²) >= 11 is 1.61. The lowest BCUT2D eigenvalue weighted by Crippen LogP contribution is -2.35. The fraction of sp³-hybridized carbons (Fsp3) is 0.364. The lowest BCUT2D eigenvalue weighted by molar-refractivity contribution is 0.0667. The molecule has 3 aromatic rings. The molecule has 1 aliphatic heterocycles. The number of nitrogens with zero attached hydrogens (tertiary/aromatic N) is 2. The Kier molecular flexibility index (Phi) is 5.85. The second-order valence-electron chi connectivity index (χ2n) is 6.99. The van der Waals surface area contributed by atoms with Gasteiger partial charge in [0.2, 0.25) is 0 Å². The topological polar surface area (TPSA) is 64.8 Å². The number of hydrogen-bond donors (Lipinski definition) is 0. The van der Waals surface area contributed by atoms with Crippen molar-refractivity contribution in [3.8, 4) is 22.1 Å². The van der Waals surface area contributed by atoms with E-state index in [0.717, 1.165) is 42.0 Å². The lowest BCUT2D eigenvalue weighted by atomic mass is 10.0. The maximum atomic E-state index is 13.6. The minimum absolute atomic E-state index is 0.105. The third-order valence-corrected chi connectivity index (χ3v) is 6.17. The van der Waals surface area contributed by atoms with E-state index in [1.54, 1.807) is 37.7 Å². The first-order chi connectivity index (χ1) is 14.2. The molecule has 0 saturated carbocycles. The molecule has 4 rings (SSSR count). The molecule has 0 radical (unpaired) electrons. The summed E-state index contributed by atoms with van der Waals surface area (Å²) < 4.78 is 16.5. The van der Waals surface area contributed by atoms with Crippen LogP contribution in [0.4, 0.5) is 0 Å². The van der Waals surface area contributed by atoms with Crippen LogP contribution in [-0.2, 0) is 0 Å². The van der Waals surface area contributed by atoms with Gasteiger partial charge in [0.05, 0.1) is 25.1 Å². The monoisotopic (exact) mass is 412 g/mol. The summed E-state index contributed by atoms with van der Waals surface area (Å²) in [7, 11) is 3.13. The fourth-order valence-electron chi connectivity index (χ4n) is 3.85. The van der Waals surface area contributed by atoms with Crippen molar-refractivity contribution in [3.63, 3.8) is 0 Å². The van der Waals surface area contributed by atoms with Crippen molar-refractivity contribution >= 4 is 17.2 Å². The van der Waals surface area contributed by atoms with E-state index in [2.05, 4.69) is 5.16 Å². The van der Waals surface area contributed by atoms with E-state index in [9.17, 15) is 4.79 Å². The quantitative estimate of drug-likeness (QED) is 0.578. The Labute approximate surface area is 174 Å². The minimum atomic E-state index is -0.142. The van der Waals surface area contributed by atoms with Gasteiger partial charge in [-0.3, -0.25) is 4.79 Å². The Bertz CT molecular complexity index is 945. The van der Waals surface area contributed by atoms with Crippen LogP contribution in [0.3, 0.4) is 0 Å². The zero-order valence-electron chi connectivity index (χ0n) is 16.6. The van der Waals surface area contributed by atoms with Crippen LogP contribution in [0.5, 0.6) is 11.5 Å². The van der Waals surface area contributed by atoms with Gasteiger partial charge in [0.25, 0.3) is 5.91 Å². The number of aromatic nitrogens is 1. The Morgan fingerprint density at radius 3 is 2.62 bits per heavy atom. The first-order valence-corrected chi connectivity index (χ1v) is 10.6. The van der Waals surface area contributed by atoms with Gasteiger partial charge < -0.3 is 18.9 Å². The molecule has 1 atom stereocenters. The third kappa shape index (κ3) is 3.87. The highest BCUT2D eigenvalue weighted by atomic mass is 32.1. The average molecular weight is 413 g/mol. The summed E-state index contributed by atoms with van der Waals surface area (Å²) in [5.74, 6) is 1.65. The first-order valence-electron chi connectivity index (χ1n) is 9.75. The Morgan fingerprint density at radius 1 is 1.14 bits per heavy atom. The molecule has 3 heterocycles. The predicted octanol–water partition coefficient (Wildman–Crippen LogP) is 5.18. The molecule has 0 aliphatic carbocycles. The number of carbonyl (C=O) groups is 1. The molecule has 1 aromatic carbocycles. The Balaban J connectivity index is 1.70. The van der Waals surface area contributed by atoms with E-state index in [0.29, 0.717) is 23.6 Å². The number of benzene rings is 1. The smallest absolute Gasteiger partial charge is 0.261 e. The number of ether oxygens (including phenoxy) is 2. The summed E-state index contributed by atoms with van der Waals surface area (Å²) in [6.07, 6.45) is 3.92. The van der Waals surface area contributed by atoms with Crippen LogP contribution in [0, 0.1) is 0 Å². The van der Waals surface area contributed by atoms with Crippen molar-refractivity contribution in [3.05, 3.63) is 53.0 Å². The molecule has 1 unspecified atom stereocenters. The minimum Gasteiger partial charge on any atom is -0.496 e. The van der Waals surface area contributed by atoms with Gasteiger partial charge in [-0.2, -0.15) is 0 Å². The number of methoxy groups -OCH3 is 2. The summed E-state index contributed by atoms with van der Waals surface area (Å²) in [4.78, 5) is 16.6. The van der Waals surface area contributed by atoms with Gasteiger partial charge in [-0.15, -0.1) is 11.3 Å². The molecule has 1 fully saturated rings. The van der Waals surface area contributed by atoms with E-state index in [4.69, 9.17) is 14.0 Å². The van der Waals surface area contributed by atoms with E-state index < -0.39 is 0 Å². The standard InChI is InChI=1S/C22H24N2O4S/c1-26-17-9-6-10-18(27-2)21(17)22(25)24-12-5-3-4-8-16(24)15-14-19(28-23-15)20-11-7-13-29-20/h6-7,9-11,13-14,16H,3-5,8,12H2,1-2H3. The summed E-state index contributed by atoms with van der Waals surface area (Å²) in [5, 5.41) is 6.33. The predicted molar refractivity (Wildman–Crippen MR) is 112 cm³/mol. The molecule has 0 N–H and O–H groups in total. The van der Waals surface area contributed by atoms with Crippen LogP contribution in [0.25, 0.3) is 10.6 Å². The van der Waals surface area contributed by atoms with Gasteiger partial charge in [0.15, 0.2) is 5.76 Å². The van der Waals surface area contributed by atoms with Crippen LogP contribution in [0.1, 0.15) is 47.8 Å². The van der Waals surface area contributed by atoms with Crippen LogP contribution >= 0.6 is 11.3 Å². The van der Waals surface area contributed by atoms with Gasteiger partial charge >= 0.3 is 0 Å². The molecule has 2 aromatic heterocycles. The van der Waals surface area contributed by atoms with E-state index >= 15 is 0 Å². The van der Waals surface area contributed by atoms with Gasteiger partial charge in [-0.05, 0) is 36.4 Å². The van der Waals surface area contributed by atoms with E-state index in [-0.39, 0.29) is 11.9 Å². The van der Waals surface area contributed by atoms with Crippen LogP contribution in [0.15, 0.2) is 46.3 Å². The second kappa shape index (κ2) is 8.69. The zero-order chi connectivity index (χ0) is 20.2. The molecule has 29 heavy (non-hydrogen) atoms. The van der Waals surface area contributed by atoms with Crippen molar-refractivity contribution in [1.82, 2.24) is 10.1 Å². The highest BCUT2D eigenvalue weighted by Crippen LogP contribution is 2.37. The van der Waals surface area contributed by atoms with Crippen LogP contribution < -0.4 is 9.47 Å². The molecule has 1 saturated heterocycles.